The first-order chi connectivity index (χ1) is 20.3. The van der Waals surface area contributed by atoms with Gasteiger partial charge in [-0.3, -0.25) is 9.59 Å². The third kappa shape index (κ3) is 5.14. The van der Waals surface area contributed by atoms with Crippen LogP contribution in [0.15, 0.2) is 23.3 Å². The minimum Gasteiger partial charge on any atom is -0.507 e. The molecule has 1 aliphatic heterocycles. The lowest BCUT2D eigenvalue weighted by Crippen LogP contribution is -2.53. The minimum atomic E-state index is -3.26. The van der Waals surface area contributed by atoms with Crippen molar-refractivity contribution in [3.05, 3.63) is 51.6 Å². The van der Waals surface area contributed by atoms with Crippen LogP contribution in [-0.2, 0) is 26.8 Å². The van der Waals surface area contributed by atoms with Crippen molar-refractivity contribution >= 4 is 28.2 Å². The van der Waals surface area contributed by atoms with Crippen LogP contribution in [-0.4, -0.2) is 95.1 Å². The number of nitrogens with zero attached hydrogens (tertiary/aromatic N) is 1. The summed E-state index contributed by atoms with van der Waals surface area (Å²) in [6.45, 7) is 0.636. The molecule has 16 heteroatoms. The van der Waals surface area contributed by atoms with Crippen LogP contribution in [0.1, 0.15) is 68.8 Å². The molecule has 2 aromatic carbocycles. The van der Waals surface area contributed by atoms with Crippen molar-refractivity contribution in [2.24, 2.45) is 10.8 Å². The summed E-state index contributed by atoms with van der Waals surface area (Å²) in [5.41, 5.74) is 1.85. The number of aliphatic hydroxyl groups excluding tert-OH is 2. The maximum absolute atomic E-state index is 13.8. The molecule has 232 valence electrons. The molecule has 1 heterocycles. The molecule has 43 heavy (non-hydrogen) atoms. The molecule has 0 bridgehead atoms. The summed E-state index contributed by atoms with van der Waals surface area (Å²) >= 11 is 0. The highest BCUT2D eigenvalue weighted by atomic mass is 32.2. The lowest BCUT2D eigenvalue weighted by Gasteiger charge is -2.43. The van der Waals surface area contributed by atoms with Crippen LogP contribution in [0.3, 0.4) is 0 Å². The van der Waals surface area contributed by atoms with E-state index in [2.05, 4.69) is 5.10 Å². The number of methoxy groups -OCH3 is 1. The molecule has 0 aromatic heterocycles. The fourth-order valence-corrected chi connectivity index (χ4v) is 6.20. The predicted molar refractivity (Wildman–Crippen MR) is 148 cm³/mol. The number of aliphatic hydroxyl groups is 3. The van der Waals surface area contributed by atoms with E-state index in [0.29, 0.717) is 0 Å². The third-order valence-electron chi connectivity index (χ3n) is 8.10. The van der Waals surface area contributed by atoms with Gasteiger partial charge in [0.25, 0.3) is 0 Å². The van der Waals surface area contributed by atoms with E-state index in [4.69, 9.17) is 19.9 Å². The molecule has 5 rings (SSSR count). The number of fused-ring (bicyclic) bond motifs is 3. The topological polar surface area (TPSA) is 248 Å². The number of nitrogens with two attached hydrogens (primary N) is 1. The standard InChI is InChI=1S/C27H31N3O12S/c1-10-22(32)13(28)6-17(41-10)42-15-8-27(37,16(9-31)29-30-43(38)39)7-12-19(15)26(36)21-20(24(12)34)23(33)11-4-3-5-14(40-2)18(11)25(21)35/h3-5,10,13,15,17,22,31-32,34,36-37,43H,6-9,28H2,1-2H3,(H,30,38,39)/t10?,13?,15-,17?,22?,27?/m0/s1. The van der Waals surface area contributed by atoms with Gasteiger partial charge in [-0.15, -0.1) is 0 Å². The van der Waals surface area contributed by atoms with Gasteiger partial charge in [0.15, 0.2) is 12.1 Å². The van der Waals surface area contributed by atoms with Gasteiger partial charge in [0.05, 0.1) is 54.4 Å². The largest absolute Gasteiger partial charge is 0.507 e. The zero-order valence-corrected chi connectivity index (χ0v) is 23.9. The monoisotopic (exact) mass is 621 g/mol. The molecular weight excluding hydrogens is 590 g/mol. The maximum atomic E-state index is 13.8. The van der Waals surface area contributed by atoms with Gasteiger partial charge < -0.3 is 45.5 Å². The van der Waals surface area contributed by atoms with Crippen LogP contribution in [0, 0.1) is 0 Å². The summed E-state index contributed by atoms with van der Waals surface area (Å²) in [7, 11) is -1.95. The fraction of sp³-hybridized carbons (Fsp3) is 0.444. The van der Waals surface area contributed by atoms with Gasteiger partial charge >= 0.3 is 0 Å². The van der Waals surface area contributed by atoms with Gasteiger partial charge in [0, 0.05) is 42.0 Å². The van der Waals surface area contributed by atoms with E-state index < -0.39 is 106 Å². The number of hydrazone groups is 1. The second-order valence-corrected chi connectivity index (χ2v) is 11.4. The van der Waals surface area contributed by atoms with Crippen LogP contribution in [0.5, 0.6) is 17.2 Å². The molecule has 15 nitrogen and oxygen atoms in total. The van der Waals surface area contributed by atoms with Crippen molar-refractivity contribution in [3.8, 4) is 17.2 Å². The zero-order chi connectivity index (χ0) is 31.4. The van der Waals surface area contributed by atoms with Gasteiger partial charge in [-0.05, 0) is 13.0 Å². The molecule has 2 aromatic rings. The first kappa shape index (κ1) is 30.8. The van der Waals surface area contributed by atoms with Crippen LogP contribution < -0.4 is 15.3 Å². The van der Waals surface area contributed by atoms with Gasteiger partial charge in [-0.2, -0.15) is 5.10 Å². The third-order valence-corrected chi connectivity index (χ3v) is 8.36. The summed E-state index contributed by atoms with van der Waals surface area (Å²) in [6.07, 6.45) is -5.33. The lowest BCUT2D eigenvalue weighted by molar-refractivity contribution is -0.245. The lowest BCUT2D eigenvalue weighted by atomic mass is 9.71. The molecule has 6 atom stereocenters. The maximum Gasteiger partial charge on any atom is 0.237 e. The molecule has 0 saturated carbocycles. The Kier molecular flexibility index (Phi) is 8.21. The van der Waals surface area contributed by atoms with E-state index >= 15 is 0 Å². The number of ketones is 2. The SMILES string of the molecule is COc1cccc2c1C(=O)c1c(O)c3c(c(O)c1C2=O)CC(O)(C(CO)=NN[SH](=O)=O)C[C@@H]3OC1CC(N)C(O)C(C)O1. The van der Waals surface area contributed by atoms with Crippen LogP contribution in [0.2, 0.25) is 0 Å². The van der Waals surface area contributed by atoms with Crippen LogP contribution >= 0.6 is 0 Å². The second kappa shape index (κ2) is 11.5. The first-order valence-electron chi connectivity index (χ1n) is 13.2. The number of carbonyl (C=O) groups excluding carboxylic acids is 2. The first-order valence-corrected chi connectivity index (χ1v) is 14.4. The average Bonchev–Trinajstić information content (AvgIpc) is 2.95. The van der Waals surface area contributed by atoms with Crippen molar-refractivity contribution in [3.63, 3.8) is 0 Å². The normalized spacial score (nSPS) is 28.7. The highest BCUT2D eigenvalue weighted by Crippen LogP contribution is 2.52. The number of hydrogen-bond acceptors (Lipinski definition) is 14. The van der Waals surface area contributed by atoms with Gasteiger partial charge in [0.1, 0.15) is 22.8 Å². The summed E-state index contributed by atoms with van der Waals surface area (Å²) in [4.78, 5) is 29.2. The van der Waals surface area contributed by atoms with E-state index in [1.54, 1.807) is 11.8 Å². The van der Waals surface area contributed by atoms with Crippen LogP contribution in [0.25, 0.3) is 0 Å². The van der Waals surface area contributed by atoms with E-state index in [-0.39, 0.29) is 34.4 Å². The van der Waals surface area contributed by atoms with E-state index in [9.17, 15) is 43.5 Å². The zero-order valence-electron chi connectivity index (χ0n) is 23.0. The Morgan fingerprint density at radius 1 is 1.19 bits per heavy atom. The Hall–Kier alpha value is -3.64. The Balaban J connectivity index is 1.70. The second-order valence-electron chi connectivity index (χ2n) is 10.7. The van der Waals surface area contributed by atoms with E-state index in [1.807, 2.05) is 0 Å². The van der Waals surface area contributed by atoms with Crippen molar-refractivity contribution in [1.82, 2.24) is 4.83 Å². The number of ether oxygens (including phenoxy) is 3. The summed E-state index contributed by atoms with van der Waals surface area (Å²) in [5, 5.41) is 58.6. The number of benzene rings is 2. The van der Waals surface area contributed by atoms with Gasteiger partial charge in [-0.25, -0.2) is 13.2 Å². The molecule has 1 saturated heterocycles. The molecule has 2 aliphatic carbocycles. The Bertz CT molecular complexity index is 1590. The summed E-state index contributed by atoms with van der Waals surface area (Å²) < 4.78 is 39.4. The predicted octanol–water partition coefficient (Wildman–Crippen LogP) is -1.10. The number of nitrogens with one attached hydrogen (secondary N) is 1. The van der Waals surface area contributed by atoms with Crippen LogP contribution in [0.4, 0.5) is 0 Å². The Morgan fingerprint density at radius 2 is 1.88 bits per heavy atom. The number of hydrogen-bond donors (Lipinski definition) is 8. The summed E-state index contributed by atoms with van der Waals surface area (Å²) in [5.74, 6) is -2.94. The number of phenolic OH excluding ortho intramolecular Hbond substituents is 2. The van der Waals surface area contributed by atoms with Gasteiger partial charge in [0.2, 0.25) is 16.7 Å². The van der Waals surface area contributed by atoms with Gasteiger partial charge in [-0.1, -0.05) is 12.1 Å². The van der Waals surface area contributed by atoms with Crippen molar-refractivity contribution < 1.29 is 57.8 Å². The molecule has 5 unspecified atom stereocenters. The van der Waals surface area contributed by atoms with Crippen molar-refractivity contribution in [2.45, 2.75) is 62.4 Å². The highest BCUT2D eigenvalue weighted by molar-refractivity contribution is 7.70. The molecule has 0 spiro atoms. The molecule has 1 fully saturated rings. The Morgan fingerprint density at radius 3 is 2.51 bits per heavy atom. The number of phenols is 2. The smallest absolute Gasteiger partial charge is 0.237 e. The number of rotatable bonds is 7. The molecule has 0 amide bonds. The molecule has 8 N–H and O–H groups in total. The highest BCUT2D eigenvalue weighted by Gasteiger charge is 2.49. The van der Waals surface area contributed by atoms with E-state index in [1.165, 1.54) is 25.3 Å². The fourth-order valence-electron chi connectivity index (χ4n) is 6.00. The average molecular weight is 622 g/mol. The Labute approximate surface area is 246 Å². The minimum absolute atomic E-state index is 0.0192. The van der Waals surface area contributed by atoms with Crippen molar-refractivity contribution in [1.29, 1.82) is 0 Å². The number of carbonyl (C=O) groups is 2. The molecule has 0 radical (unpaired) electrons. The van der Waals surface area contributed by atoms with Crippen molar-refractivity contribution in [2.75, 3.05) is 13.7 Å². The van der Waals surface area contributed by atoms with E-state index in [0.717, 1.165) is 0 Å². The summed E-state index contributed by atoms with van der Waals surface area (Å²) in [6, 6.07) is 3.55. The quantitative estimate of drug-likeness (QED) is 0.0677. The number of thiol groups is 1. The number of aromatic hydroxyl groups is 2. The molecule has 3 aliphatic rings. The molecular formula is C27H31N3O12S.